The molecule has 3 heterocycles. The second-order valence-electron chi connectivity index (χ2n) is 5.43. The number of hydrogen-bond acceptors (Lipinski definition) is 8. The van der Waals surface area contributed by atoms with Crippen molar-refractivity contribution in [2.24, 2.45) is 0 Å². The van der Waals surface area contributed by atoms with Gasteiger partial charge in [0.05, 0.1) is 6.61 Å². The standard InChI is InChI=1S/C12H17N3O6/c1-12(2)20-8-6(5-16)19-10(9(8)21-12)15-4-3-7(14-18)13-11(15)17/h3-4,6,8-10,16,18H,5H2,1-2H3,(H,13,14,17)/t6-,8?,9+,10-/m1/s1. The Labute approximate surface area is 120 Å². The molecule has 0 radical (unpaired) electrons. The van der Waals surface area contributed by atoms with Gasteiger partial charge in [0.15, 0.2) is 17.8 Å². The highest BCUT2D eigenvalue weighted by molar-refractivity contribution is 5.28. The third-order valence-electron chi connectivity index (χ3n) is 3.52. The Hall–Kier alpha value is -1.52. The van der Waals surface area contributed by atoms with Crippen molar-refractivity contribution in [3.8, 4) is 0 Å². The SMILES string of the molecule is CC1(C)OC2[C@@H](CO)O[C@@H](n3ccc(NO)nc3=O)[C@H]2O1. The molecule has 2 aliphatic rings. The highest BCUT2D eigenvalue weighted by Crippen LogP contribution is 2.42. The number of anilines is 1. The molecule has 4 atom stereocenters. The van der Waals surface area contributed by atoms with Gasteiger partial charge in [-0.05, 0) is 19.9 Å². The number of nitrogens with one attached hydrogen (secondary N) is 1. The molecular formula is C12H17N3O6. The Balaban J connectivity index is 1.94. The largest absolute Gasteiger partial charge is 0.394 e. The zero-order valence-corrected chi connectivity index (χ0v) is 11.6. The van der Waals surface area contributed by atoms with Crippen LogP contribution in [0.3, 0.4) is 0 Å². The van der Waals surface area contributed by atoms with Crippen LogP contribution in [0.25, 0.3) is 0 Å². The first-order valence-electron chi connectivity index (χ1n) is 6.56. The molecule has 3 rings (SSSR count). The van der Waals surface area contributed by atoms with Gasteiger partial charge in [-0.2, -0.15) is 4.98 Å². The predicted octanol–water partition coefficient (Wildman–Crippen LogP) is -0.546. The predicted molar refractivity (Wildman–Crippen MR) is 68.7 cm³/mol. The van der Waals surface area contributed by atoms with E-state index in [4.69, 9.17) is 19.4 Å². The van der Waals surface area contributed by atoms with Crippen LogP contribution in [0.4, 0.5) is 5.82 Å². The summed E-state index contributed by atoms with van der Waals surface area (Å²) in [5, 5.41) is 18.1. The van der Waals surface area contributed by atoms with Crippen LogP contribution in [-0.4, -0.2) is 50.6 Å². The number of aliphatic hydroxyl groups is 1. The average molecular weight is 299 g/mol. The maximum Gasteiger partial charge on any atom is 0.351 e. The van der Waals surface area contributed by atoms with Crippen LogP contribution < -0.4 is 11.2 Å². The van der Waals surface area contributed by atoms with Crippen LogP contribution in [-0.2, 0) is 14.2 Å². The van der Waals surface area contributed by atoms with E-state index >= 15 is 0 Å². The Kier molecular flexibility index (Phi) is 3.46. The van der Waals surface area contributed by atoms with E-state index in [0.29, 0.717) is 0 Å². The minimum atomic E-state index is -0.811. The van der Waals surface area contributed by atoms with Crippen LogP contribution in [0.15, 0.2) is 17.1 Å². The van der Waals surface area contributed by atoms with Crippen molar-refractivity contribution in [1.82, 2.24) is 9.55 Å². The molecule has 0 aromatic carbocycles. The monoisotopic (exact) mass is 299 g/mol. The second kappa shape index (κ2) is 5.04. The molecule has 2 aliphatic heterocycles. The highest BCUT2D eigenvalue weighted by atomic mass is 16.8. The molecule has 9 heteroatoms. The quantitative estimate of drug-likeness (QED) is 0.637. The van der Waals surface area contributed by atoms with Crippen LogP contribution in [0.5, 0.6) is 0 Å². The lowest BCUT2D eigenvalue weighted by molar-refractivity contribution is -0.200. The van der Waals surface area contributed by atoms with Gasteiger partial charge in [0.25, 0.3) is 0 Å². The van der Waals surface area contributed by atoms with Crippen LogP contribution in [0, 0.1) is 0 Å². The molecule has 1 unspecified atom stereocenters. The highest BCUT2D eigenvalue weighted by Gasteiger charge is 2.55. The van der Waals surface area contributed by atoms with Gasteiger partial charge in [-0.1, -0.05) is 0 Å². The first kappa shape index (κ1) is 14.4. The van der Waals surface area contributed by atoms with E-state index in [-0.39, 0.29) is 12.4 Å². The van der Waals surface area contributed by atoms with Crippen LogP contribution >= 0.6 is 0 Å². The molecule has 21 heavy (non-hydrogen) atoms. The van der Waals surface area contributed by atoms with E-state index in [0.717, 1.165) is 0 Å². The number of rotatable bonds is 3. The summed E-state index contributed by atoms with van der Waals surface area (Å²) in [5.41, 5.74) is 1.20. The number of aliphatic hydroxyl groups excluding tert-OH is 1. The van der Waals surface area contributed by atoms with Gasteiger partial charge < -0.3 is 19.3 Å². The van der Waals surface area contributed by atoms with Crippen molar-refractivity contribution in [2.75, 3.05) is 12.1 Å². The molecule has 9 nitrogen and oxygen atoms in total. The summed E-state index contributed by atoms with van der Waals surface area (Å²) in [6.07, 6.45) is -0.877. The zero-order chi connectivity index (χ0) is 15.2. The molecule has 0 aliphatic carbocycles. The number of hydrogen-bond donors (Lipinski definition) is 3. The van der Waals surface area contributed by atoms with Crippen LogP contribution in [0.1, 0.15) is 20.1 Å². The Bertz CT molecular complexity index is 589. The van der Waals surface area contributed by atoms with Crippen molar-refractivity contribution in [3.63, 3.8) is 0 Å². The summed E-state index contributed by atoms with van der Waals surface area (Å²) in [6.45, 7) is 3.28. The van der Waals surface area contributed by atoms with Gasteiger partial charge in [-0.3, -0.25) is 15.3 Å². The Morgan fingerprint density at radius 1 is 1.43 bits per heavy atom. The number of nitrogens with zero attached hydrogens (tertiary/aromatic N) is 2. The number of ether oxygens (including phenoxy) is 3. The molecule has 1 aromatic heterocycles. The third-order valence-corrected chi connectivity index (χ3v) is 3.52. The van der Waals surface area contributed by atoms with Crippen molar-refractivity contribution in [2.45, 2.75) is 44.2 Å². The fourth-order valence-corrected chi connectivity index (χ4v) is 2.70. The molecule has 2 saturated heterocycles. The topological polar surface area (TPSA) is 115 Å². The Morgan fingerprint density at radius 3 is 2.76 bits per heavy atom. The minimum Gasteiger partial charge on any atom is -0.394 e. The molecule has 0 bridgehead atoms. The van der Waals surface area contributed by atoms with Crippen molar-refractivity contribution < 1.29 is 24.5 Å². The second-order valence-corrected chi connectivity index (χ2v) is 5.43. The molecular weight excluding hydrogens is 282 g/mol. The van der Waals surface area contributed by atoms with E-state index in [1.807, 2.05) is 0 Å². The molecule has 0 amide bonds. The first-order chi connectivity index (χ1) is 9.95. The van der Waals surface area contributed by atoms with Gasteiger partial charge >= 0.3 is 5.69 Å². The van der Waals surface area contributed by atoms with Crippen molar-refractivity contribution in [1.29, 1.82) is 0 Å². The Morgan fingerprint density at radius 2 is 2.14 bits per heavy atom. The average Bonchev–Trinajstić information content (AvgIpc) is 2.92. The summed E-state index contributed by atoms with van der Waals surface area (Å²) in [4.78, 5) is 15.6. The molecule has 0 spiro atoms. The van der Waals surface area contributed by atoms with Gasteiger partial charge in [-0.15, -0.1) is 0 Å². The maximum absolute atomic E-state index is 12.0. The lowest BCUT2D eigenvalue weighted by Gasteiger charge is -2.24. The molecule has 1 aromatic rings. The van der Waals surface area contributed by atoms with E-state index in [9.17, 15) is 9.90 Å². The molecule has 2 fully saturated rings. The minimum absolute atomic E-state index is 0.0356. The van der Waals surface area contributed by atoms with Crippen LogP contribution in [0.2, 0.25) is 0 Å². The van der Waals surface area contributed by atoms with Gasteiger partial charge in [0.2, 0.25) is 0 Å². The van der Waals surface area contributed by atoms with Gasteiger partial charge in [0.1, 0.15) is 18.3 Å². The van der Waals surface area contributed by atoms with E-state index in [1.54, 1.807) is 19.3 Å². The molecule has 3 N–H and O–H groups in total. The lowest BCUT2D eigenvalue weighted by atomic mass is 10.1. The summed E-state index contributed by atoms with van der Waals surface area (Å²) < 4.78 is 18.4. The summed E-state index contributed by atoms with van der Waals surface area (Å²) >= 11 is 0. The van der Waals surface area contributed by atoms with Crippen molar-refractivity contribution >= 4 is 5.82 Å². The first-order valence-corrected chi connectivity index (χ1v) is 6.56. The fourth-order valence-electron chi connectivity index (χ4n) is 2.70. The van der Waals surface area contributed by atoms with E-state index in [2.05, 4.69) is 4.98 Å². The summed E-state index contributed by atoms with van der Waals surface area (Å²) in [6, 6.07) is 1.42. The molecule has 0 saturated carbocycles. The van der Waals surface area contributed by atoms with E-state index in [1.165, 1.54) is 16.8 Å². The lowest BCUT2D eigenvalue weighted by Crippen LogP contribution is -2.34. The third kappa shape index (κ3) is 2.43. The molecule has 116 valence electrons. The normalized spacial score (nSPS) is 33.9. The summed E-state index contributed by atoms with van der Waals surface area (Å²) in [7, 11) is 0. The van der Waals surface area contributed by atoms with Gasteiger partial charge in [0, 0.05) is 6.20 Å². The smallest absolute Gasteiger partial charge is 0.351 e. The van der Waals surface area contributed by atoms with Gasteiger partial charge in [-0.25, -0.2) is 4.79 Å². The fraction of sp³-hybridized carbons (Fsp3) is 0.667. The number of aromatic nitrogens is 2. The number of fused-ring (bicyclic) bond motifs is 1. The van der Waals surface area contributed by atoms with Crippen molar-refractivity contribution in [3.05, 3.63) is 22.7 Å². The van der Waals surface area contributed by atoms with E-state index < -0.39 is 36.0 Å². The maximum atomic E-state index is 12.0. The summed E-state index contributed by atoms with van der Waals surface area (Å²) in [5.74, 6) is -0.776. The zero-order valence-electron chi connectivity index (χ0n) is 11.6.